The second kappa shape index (κ2) is 7.15. The van der Waals surface area contributed by atoms with E-state index < -0.39 is 0 Å². The first-order valence-corrected chi connectivity index (χ1v) is 6.52. The molecule has 0 heterocycles. The molecule has 3 heteroatoms. The molecule has 0 aromatic heterocycles. The molecule has 0 saturated carbocycles. The standard InChI is InChI=1S/C12H17ClOS/c1-3-4-9-14-10(2)15-12-7-5-11(13)6-8-12/h5-8,10H,3-4,9H2,1-2H3. The molecular weight excluding hydrogens is 228 g/mol. The van der Waals surface area contributed by atoms with E-state index in [9.17, 15) is 0 Å². The summed E-state index contributed by atoms with van der Waals surface area (Å²) >= 11 is 7.53. The molecule has 84 valence electrons. The maximum atomic E-state index is 5.81. The molecule has 0 aliphatic carbocycles. The van der Waals surface area contributed by atoms with Crippen LogP contribution in [0, 0.1) is 0 Å². The van der Waals surface area contributed by atoms with E-state index in [1.54, 1.807) is 11.8 Å². The lowest BCUT2D eigenvalue weighted by molar-refractivity contribution is 0.121. The monoisotopic (exact) mass is 244 g/mol. The largest absolute Gasteiger partial charge is 0.368 e. The number of hydrogen-bond acceptors (Lipinski definition) is 2. The third-order valence-electron chi connectivity index (χ3n) is 1.97. The van der Waals surface area contributed by atoms with E-state index in [0.29, 0.717) is 0 Å². The summed E-state index contributed by atoms with van der Waals surface area (Å²) in [5, 5.41) is 0.777. The Kier molecular flexibility index (Phi) is 6.15. The number of thioether (sulfide) groups is 1. The first-order valence-electron chi connectivity index (χ1n) is 5.26. The number of rotatable bonds is 6. The van der Waals surface area contributed by atoms with Crippen LogP contribution in [0.25, 0.3) is 0 Å². The second-order valence-corrected chi connectivity index (χ2v) is 5.17. The third-order valence-corrected chi connectivity index (χ3v) is 3.23. The van der Waals surface area contributed by atoms with Crippen molar-refractivity contribution in [1.29, 1.82) is 0 Å². The van der Waals surface area contributed by atoms with Gasteiger partial charge in [-0.05, 0) is 37.6 Å². The fourth-order valence-corrected chi connectivity index (χ4v) is 2.10. The molecule has 1 aromatic carbocycles. The number of halogens is 1. The van der Waals surface area contributed by atoms with E-state index in [0.717, 1.165) is 18.1 Å². The summed E-state index contributed by atoms with van der Waals surface area (Å²) in [6.07, 6.45) is 2.31. The van der Waals surface area contributed by atoms with Crippen molar-refractivity contribution >= 4 is 23.4 Å². The maximum Gasteiger partial charge on any atom is 0.104 e. The lowest BCUT2D eigenvalue weighted by Gasteiger charge is -2.12. The molecule has 0 aliphatic heterocycles. The van der Waals surface area contributed by atoms with Crippen LogP contribution in [-0.4, -0.2) is 12.0 Å². The van der Waals surface area contributed by atoms with Gasteiger partial charge in [0.2, 0.25) is 0 Å². The van der Waals surface area contributed by atoms with Gasteiger partial charge in [-0.15, -0.1) is 0 Å². The van der Waals surface area contributed by atoms with Crippen LogP contribution in [0.1, 0.15) is 26.7 Å². The first kappa shape index (κ1) is 12.9. The minimum atomic E-state index is 0.206. The molecule has 0 amide bonds. The zero-order valence-electron chi connectivity index (χ0n) is 9.20. The molecule has 1 atom stereocenters. The number of unbranched alkanes of at least 4 members (excludes halogenated alkanes) is 1. The van der Waals surface area contributed by atoms with Gasteiger partial charge >= 0.3 is 0 Å². The van der Waals surface area contributed by atoms with E-state index in [1.165, 1.54) is 11.3 Å². The Morgan fingerprint density at radius 1 is 1.33 bits per heavy atom. The summed E-state index contributed by atoms with van der Waals surface area (Å²) in [6, 6.07) is 7.85. The van der Waals surface area contributed by atoms with Crippen molar-refractivity contribution in [3.05, 3.63) is 29.3 Å². The predicted octanol–water partition coefficient (Wildman–Crippen LogP) is 4.59. The zero-order valence-corrected chi connectivity index (χ0v) is 10.8. The lowest BCUT2D eigenvalue weighted by atomic mass is 10.4. The van der Waals surface area contributed by atoms with Crippen molar-refractivity contribution in [1.82, 2.24) is 0 Å². The average molecular weight is 245 g/mol. The Hall–Kier alpha value is -0.180. The predicted molar refractivity (Wildman–Crippen MR) is 67.6 cm³/mol. The van der Waals surface area contributed by atoms with Gasteiger partial charge in [-0.3, -0.25) is 0 Å². The van der Waals surface area contributed by atoms with Gasteiger partial charge in [-0.25, -0.2) is 0 Å². The van der Waals surface area contributed by atoms with E-state index >= 15 is 0 Å². The number of benzene rings is 1. The minimum absolute atomic E-state index is 0.206. The van der Waals surface area contributed by atoms with Crippen molar-refractivity contribution < 1.29 is 4.74 Å². The van der Waals surface area contributed by atoms with E-state index in [2.05, 4.69) is 13.8 Å². The van der Waals surface area contributed by atoms with Crippen molar-refractivity contribution in [2.45, 2.75) is 37.0 Å². The van der Waals surface area contributed by atoms with Crippen LogP contribution in [0.4, 0.5) is 0 Å². The average Bonchev–Trinajstić information content (AvgIpc) is 2.22. The van der Waals surface area contributed by atoms with E-state index in [4.69, 9.17) is 16.3 Å². The quantitative estimate of drug-likeness (QED) is 0.411. The van der Waals surface area contributed by atoms with E-state index in [-0.39, 0.29) is 5.44 Å². The van der Waals surface area contributed by atoms with Crippen LogP contribution < -0.4 is 0 Å². The highest BCUT2D eigenvalue weighted by Crippen LogP contribution is 2.25. The van der Waals surface area contributed by atoms with Gasteiger partial charge in [-0.1, -0.05) is 36.7 Å². The summed E-state index contributed by atoms with van der Waals surface area (Å²) in [7, 11) is 0. The second-order valence-electron chi connectivity index (χ2n) is 3.36. The van der Waals surface area contributed by atoms with Crippen LogP contribution >= 0.6 is 23.4 Å². The van der Waals surface area contributed by atoms with Crippen LogP contribution in [-0.2, 0) is 4.74 Å². The van der Waals surface area contributed by atoms with Gasteiger partial charge in [0.25, 0.3) is 0 Å². The molecular formula is C12H17ClOS. The van der Waals surface area contributed by atoms with Crippen LogP contribution in [0.2, 0.25) is 5.02 Å². The highest BCUT2D eigenvalue weighted by Gasteiger charge is 2.03. The van der Waals surface area contributed by atoms with Crippen molar-refractivity contribution in [2.24, 2.45) is 0 Å². The smallest absolute Gasteiger partial charge is 0.104 e. The summed E-state index contributed by atoms with van der Waals surface area (Å²) < 4.78 is 5.65. The number of ether oxygens (including phenoxy) is 1. The van der Waals surface area contributed by atoms with Gasteiger partial charge in [0.15, 0.2) is 0 Å². The molecule has 0 N–H and O–H groups in total. The summed E-state index contributed by atoms with van der Waals surface area (Å²) in [6.45, 7) is 5.09. The molecule has 1 rings (SSSR count). The first-order chi connectivity index (χ1) is 7.22. The molecule has 0 bridgehead atoms. The molecule has 1 aromatic rings. The van der Waals surface area contributed by atoms with Crippen molar-refractivity contribution in [3.63, 3.8) is 0 Å². The van der Waals surface area contributed by atoms with Crippen molar-refractivity contribution in [3.8, 4) is 0 Å². The minimum Gasteiger partial charge on any atom is -0.368 e. The molecule has 15 heavy (non-hydrogen) atoms. The van der Waals surface area contributed by atoms with Gasteiger partial charge in [-0.2, -0.15) is 0 Å². The highest BCUT2D eigenvalue weighted by atomic mass is 35.5. The molecule has 1 nitrogen and oxygen atoms in total. The molecule has 1 unspecified atom stereocenters. The van der Waals surface area contributed by atoms with Gasteiger partial charge < -0.3 is 4.74 Å². The summed E-state index contributed by atoms with van der Waals surface area (Å²) in [5.41, 5.74) is 0.206. The Morgan fingerprint density at radius 2 is 2.00 bits per heavy atom. The van der Waals surface area contributed by atoms with Gasteiger partial charge in [0.05, 0.1) is 0 Å². The fraction of sp³-hybridized carbons (Fsp3) is 0.500. The summed E-state index contributed by atoms with van der Waals surface area (Å²) in [5.74, 6) is 0. The molecule has 0 aliphatic rings. The Morgan fingerprint density at radius 3 is 2.60 bits per heavy atom. The SMILES string of the molecule is CCCCOC(C)Sc1ccc(Cl)cc1. The zero-order chi connectivity index (χ0) is 11.1. The number of hydrogen-bond donors (Lipinski definition) is 0. The van der Waals surface area contributed by atoms with Crippen LogP contribution in [0.3, 0.4) is 0 Å². The topological polar surface area (TPSA) is 9.23 Å². The molecule has 0 fully saturated rings. The highest BCUT2D eigenvalue weighted by molar-refractivity contribution is 7.99. The summed E-state index contributed by atoms with van der Waals surface area (Å²) in [4.78, 5) is 1.20. The molecule has 0 radical (unpaired) electrons. The maximum absolute atomic E-state index is 5.81. The van der Waals surface area contributed by atoms with Gasteiger partial charge in [0.1, 0.15) is 5.44 Å². The lowest BCUT2D eigenvalue weighted by Crippen LogP contribution is -2.04. The van der Waals surface area contributed by atoms with E-state index in [1.807, 2.05) is 24.3 Å². The molecule has 0 spiro atoms. The van der Waals surface area contributed by atoms with Crippen molar-refractivity contribution in [2.75, 3.05) is 6.61 Å². The Balaban J connectivity index is 2.31. The fourth-order valence-electron chi connectivity index (χ4n) is 1.13. The third kappa shape index (κ3) is 5.45. The Labute approximate surface area is 101 Å². The van der Waals surface area contributed by atoms with Crippen LogP contribution in [0.5, 0.6) is 0 Å². The molecule has 0 saturated heterocycles. The van der Waals surface area contributed by atoms with Crippen LogP contribution in [0.15, 0.2) is 29.2 Å². The van der Waals surface area contributed by atoms with Gasteiger partial charge in [0, 0.05) is 16.5 Å². The Bertz CT molecular complexity index is 273. The normalized spacial score (nSPS) is 12.7.